The Morgan fingerprint density at radius 3 is 1.33 bits per heavy atom. The zero-order valence-electron chi connectivity index (χ0n) is 20.4. The van der Waals surface area contributed by atoms with E-state index in [0.29, 0.717) is 11.5 Å². The van der Waals surface area contributed by atoms with Crippen molar-refractivity contribution in [3.63, 3.8) is 0 Å². The summed E-state index contributed by atoms with van der Waals surface area (Å²) in [5.41, 5.74) is 4.75. The van der Waals surface area contributed by atoms with Gasteiger partial charge in [-0.1, -0.05) is 82.7 Å². The van der Waals surface area contributed by atoms with E-state index in [2.05, 4.69) is 51.0 Å². The molecule has 5 rings (SSSR count). The summed E-state index contributed by atoms with van der Waals surface area (Å²) in [5.74, 6) is 1.18. The molecule has 5 aromatic carbocycles. The predicted octanol–water partition coefficient (Wildman–Crippen LogP) is 8.37. The lowest BCUT2D eigenvalue weighted by Crippen LogP contribution is -2.15. The van der Waals surface area contributed by atoms with Crippen LogP contribution in [0, 0.1) is 3.57 Å². The van der Waals surface area contributed by atoms with Crippen molar-refractivity contribution in [2.24, 2.45) is 0 Å². The summed E-state index contributed by atoms with van der Waals surface area (Å²) in [6.07, 6.45) is -0.680. The topological polar surface area (TPSA) is 61.8 Å². The van der Waals surface area contributed by atoms with E-state index in [-0.39, 0.29) is 5.75 Å². The maximum Gasteiger partial charge on any atom is 0.488 e. The first-order valence-corrected chi connectivity index (χ1v) is 14.3. The van der Waals surface area contributed by atoms with Gasteiger partial charge in [-0.2, -0.15) is 8.42 Å². The molecule has 196 valence electrons. The molecule has 5 nitrogen and oxygen atoms in total. The highest BCUT2D eigenvalue weighted by atomic mass is 127. The van der Waals surface area contributed by atoms with Crippen LogP contribution < -0.4 is 13.7 Å². The van der Waals surface area contributed by atoms with Crippen LogP contribution in [0.5, 0.6) is 17.2 Å². The summed E-state index contributed by atoms with van der Waals surface area (Å²) in [6.45, 7) is 0. The lowest BCUT2D eigenvalue weighted by atomic mass is 10.1. The summed E-state index contributed by atoms with van der Waals surface area (Å²) in [4.78, 5) is 0. The van der Waals surface area contributed by atoms with Gasteiger partial charge in [-0.3, -0.25) is 0 Å². The SMILES string of the molecule is O=S(=O)(F)Oc1ccc(-c2ccc(OC(Oc3ccc(-c4ccc(I)cc4)cc3)c3ccccc3)cc2)cc1. The minimum absolute atomic E-state index is 0.101. The van der Waals surface area contributed by atoms with Crippen LogP contribution in [0.25, 0.3) is 22.3 Å². The predicted molar refractivity (Wildman–Crippen MR) is 158 cm³/mol. The highest BCUT2D eigenvalue weighted by molar-refractivity contribution is 14.1. The normalized spacial score (nSPS) is 11.9. The Balaban J connectivity index is 1.31. The van der Waals surface area contributed by atoms with Crippen molar-refractivity contribution in [1.29, 1.82) is 0 Å². The first-order chi connectivity index (χ1) is 18.8. The van der Waals surface area contributed by atoms with E-state index < -0.39 is 16.8 Å². The summed E-state index contributed by atoms with van der Waals surface area (Å²) >= 11 is 2.29. The molecule has 0 aliphatic rings. The quantitative estimate of drug-likeness (QED) is 0.0910. The highest BCUT2D eigenvalue weighted by Gasteiger charge is 2.16. The zero-order chi connectivity index (χ0) is 27.2. The van der Waals surface area contributed by atoms with Crippen molar-refractivity contribution in [2.45, 2.75) is 6.29 Å². The fourth-order valence-corrected chi connectivity index (χ4v) is 4.63. The van der Waals surface area contributed by atoms with Gasteiger partial charge in [-0.15, -0.1) is 0 Å². The number of halogens is 2. The molecule has 1 unspecified atom stereocenters. The number of ether oxygens (including phenoxy) is 2. The average molecular weight is 652 g/mol. The largest absolute Gasteiger partial charge is 0.488 e. The molecule has 8 heteroatoms. The Labute approximate surface area is 240 Å². The van der Waals surface area contributed by atoms with Crippen LogP contribution in [0.2, 0.25) is 0 Å². The van der Waals surface area contributed by atoms with Crippen LogP contribution in [-0.4, -0.2) is 8.42 Å². The number of hydrogen-bond donors (Lipinski definition) is 0. The van der Waals surface area contributed by atoms with Crippen molar-refractivity contribution >= 4 is 33.1 Å². The van der Waals surface area contributed by atoms with Crippen molar-refractivity contribution in [3.05, 3.63) is 137 Å². The van der Waals surface area contributed by atoms with Crippen LogP contribution in [0.15, 0.2) is 127 Å². The lowest BCUT2D eigenvalue weighted by Gasteiger charge is -2.21. The summed E-state index contributed by atoms with van der Waals surface area (Å²) < 4.78 is 52.0. The molecule has 39 heavy (non-hydrogen) atoms. The molecule has 0 amide bonds. The molecule has 0 aliphatic heterocycles. The fourth-order valence-electron chi connectivity index (χ4n) is 3.93. The summed E-state index contributed by atoms with van der Waals surface area (Å²) in [7, 11) is -5.06. The minimum atomic E-state index is -5.06. The van der Waals surface area contributed by atoms with Gasteiger partial charge in [0.1, 0.15) is 17.2 Å². The maximum atomic E-state index is 12.7. The Bertz CT molecular complexity index is 1620. The molecule has 0 fully saturated rings. The Morgan fingerprint density at radius 1 is 0.538 bits per heavy atom. The standard InChI is InChI=1S/C31H22FIO5S/c32-39(34,35)38-30-20-12-25(13-21-30)24-10-18-29(19-11-24)37-31(26-4-2-1-3-5-26)36-28-16-8-23(9-17-28)22-6-14-27(33)15-7-22/h1-21,31H. The maximum absolute atomic E-state index is 12.7. The van der Waals surface area contributed by atoms with Gasteiger partial charge in [-0.05, 0) is 93.4 Å². The molecular weight excluding hydrogens is 630 g/mol. The molecule has 0 aromatic heterocycles. The highest BCUT2D eigenvalue weighted by Crippen LogP contribution is 2.30. The van der Waals surface area contributed by atoms with Gasteiger partial charge < -0.3 is 13.7 Å². The van der Waals surface area contributed by atoms with E-state index in [9.17, 15) is 12.3 Å². The van der Waals surface area contributed by atoms with Gasteiger partial charge in [0.15, 0.2) is 0 Å². The monoisotopic (exact) mass is 652 g/mol. The van der Waals surface area contributed by atoms with E-state index >= 15 is 0 Å². The summed E-state index contributed by atoms with van der Waals surface area (Å²) in [6, 6.07) is 39.4. The molecular formula is C31H22FIO5S. The molecule has 0 saturated carbocycles. The molecule has 0 saturated heterocycles. The lowest BCUT2D eigenvalue weighted by molar-refractivity contribution is 0.00383. The van der Waals surface area contributed by atoms with Gasteiger partial charge in [-0.25, -0.2) is 0 Å². The number of hydrogen-bond acceptors (Lipinski definition) is 5. The molecule has 5 aromatic rings. The molecule has 0 bridgehead atoms. The second-order valence-corrected chi connectivity index (χ2v) is 10.7. The molecule has 0 radical (unpaired) electrons. The third-order valence-electron chi connectivity index (χ3n) is 5.83. The first-order valence-electron chi connectivity index (χ1n) is 11.9. The van der Waals surface area contributed by atoms with Gasteiger partial charge in [0, 0.05) is 9.13 Å². The number of benzene rings is 5. The summed E-state index contributed by atoms with van der Waals surface area (Å²) in [5, 5.41) is 0. The minimum Gasteiger partial charge on any atom is -0.451 e. The zero-order valence-corrected chi connectivity index (χ0v) is 23.4. The van der Waals surface area contributed by atoms with Crippen LogP contribution >= 0.6 is 22.6 Å². The van der Waals surface area contributed by atoms with Gasteiger partial charge >= 0.3 is 10.5 Å². The van der Waals surface area contributed by atoms with E-state index in [4.69, 9.17) is 9.47 Å². The van der Waals surface area contributed by atoms with Gasteiger partial charge in [0.2, 0.25) is 0 Å². The van der Waals surface area contributed by atoms with Crippen molar-refractivity contribution < 1.29 is 26.0 Å². The number of rotatable bonds is 9. The molecule has 0 aliphatic carbocycles. The van der Waals surface area contributed by atoms with Crippen LogP contribution in [0.4, 0.5) is 3.89 Å². The van der Waals surface area contributed by atoms with E-state index in [1.165, 1.54) is 15.7 Å². The third kappa shape index (κ3) is 7.36. The second kappa shape index (κ2) is 11.9. The Morgan fingerprint density at radius 2 is 0.923 bits per heavy atom. The first kappa shape index (κ1) is 26.7. The van der Waals surface area contributed by atoms with Crippen LogP contribution in [0.1, 0.15) is 11.9 Å². The van der Waals surface area contributed by atoms with E-state index in [1.54, 1.807) is 12.1 Å². The Hall–Kier alpha value is -3.89. The van der Waals surface area contributed by atoms with Crippen LogP contribution in [-0.2, 0) is 10.5 Å². The van der Waals surface area contributed by atoms with Crippen molar-refractivity contribution in [2.75, 3.05) is 0 Å². The Kier molecular flexibility index (Phi) is 8.13. The van der Waals surface area contributed by atoms with Gasteiger partial charge in [0.25, 0.3) is 6.29 Å². The van der Waals surface area contributed by atoms with Gasteiger partial charge in [0.05, 0.1) is 0 Å². The third-order valence-corrected chi connectivity index (χ3v) is 6.94. The van der Waals surface area contributed by atoms with Crippen LogP contribution in [0.3, 0.4) is 0 Å². The smallest absolute Gasteiger partial charge is 0.451 e. The fraction of sp³-hybridized carbons (Fsp3) is 0.0323. The van der Waals surface area contributed by atoms with Crippen molar-refractivity contribution in [3.8, 4) is 39.5 Å². The van der Waals surface area contributed by atoms with E-state index in [0.717, 1.165) is 27.8 Å². The van der Waals surface area contributed by atoms with Crippen molar-refractivity contribution in [1.82, 2.24) is 0 Å². The molecule has 0 spiro atoms. The van der Waals surface area contributed by atoms with E-state index in [1.807, 2.05) is 78.9 Å². The molecule has 0 N–H and O–H groups in total. The average Bonchev–Trinajstić information content (AvgIpc) is 2.94. The second-order valence-electron chi connectivity index (χ2n) is 8.53. The molecule has 1 atom stereocenters. The molecule has 0 heterocycles.